The van der Waals surface area contributed by atoms with Crippen LogP contribution < -0.4 is 5.73 Å². The Morgan fingerprint density at radius 1 is 1.38 bits per heavy atom. The average Bonchev–Trinajstić information content (AvgIpc) is 2.50. The molecule has 2 N–H and O–H groups in total. The minimum Gasteiger partial charge on any atom is -0.342 e. The summed E-state index contributed by atoms with van der Waals surface area (Å²) in [7, 11) is -3.67. The van der Waals surface area contributed by atoms with Gasteiger partial charge in [0.1, 0.15) is 5.82 Å². The second-order valence-corrected chi connectivity index (χ2v) is 9.58. The van der Waals surface area contributed by atoms with Crippen molar-refractivity contribution in [3.8, 4) is 0 Å². The number of carbonyl (C=O) groups is 1. The zero-order valence-electron chi connectivity index (χ0n) is 14.3. The smallest absolute Gasteiger partial charge is 0.223 e. The van der Waals surface area contributed by atoms with Gasteiger partial charge < -0.3 is 10.6 Å². The third kappa shape index (κ3) is 3.95. The van der Waals surface area contributed by atoms with Gasteiger partial charge in [-0.1, -0.05) is 13.8 Å². The fourth-order valence-electron chi connectivity index (χ4n) is 2.93. The molecular formula is C17H25FN2O3S. The van der Waals surface area contributed by atoms with Crippen LogP contribution in [0.1, 0.15) is 33.6 Å². The number of piperidine rings is 1. The van der Waals surface area contributed by atoms with Gasteiger partial charge in [0, 0.05) is 25.6 Å². The van der Waals surface area contributed by atoms with Crippen LogP contribution in [0.3, 0.4) is 0 Å². The minimum atomic E-state index is -3.67. The standard InChI is InChI=1S/C17H25FN2O3S/c1-12(24(22,23)14-6-4-13(18)5-7-14)10-16(21)20-9-8-15(19)17(2,3)11-20/h4-7,12,15H,8-11,19H2,1-3H3. The van der Waals surface area contributed by atoms with Crippen molar-refractivity contribution in [2.75, 3.05) is 13.1 Å². The molecule has 2 atom stereocenters. The molecule has 5 nitrogen and oxygen atoms in total. The molecule has 1 heterocycles. The Kier molecular flexibility index (Phi) is 5.34. The van der Waals surface area contributed by atoms with Crippen LogP contribution in [-0.4, -0.2) is 43.6 Å². The number of halogens is 1. The first-order valence-electron chi connectivity index (χ1n) is 8.07. The predicted octanol–water partition coefficient (Wildman–Crippen LogP) is 1.96. The van der Waals surface area contributed by atoms with Crippen LogP contribution in [0.4, 0.5) is 4.39 Å². The van der Waals surface area contributed by atoms with E-state index >= 15 is 0 Å². The van der Waals surface area contributed by atoms with Crippen molar-refractivity contribution in [3.05, 3.63) is 30.1 Å². The van der Waals surface area contributed by atoms with Crippen molar-refractivity contribution < 1.29 is 17.6 Å². The Hall–Kier alpha value is -1.47. The summed E-state index contributed by atoms with van der Waals surface area (Å²) >= 11 is 0. The summed E-state index contributed by atoms with van der Waals surface area (Å²) in [5.41, 5.74) is 5.88. The molecule has 1 amide bonds. The number of hydrogen-bond acceptors (Lipinski definition) is 4. The van der Waals surface area contributed by atoms with Crippen LogP contribution in [0.2, 0.25) is 0 Å². The van der Waals surface area contributed by atoms with E-state index in [4.69, 9.17) is 5.73 Å². The molecule has 0 bridgehead atoms. The Morgan fingerprint density at radius 3 is 2.50 bits per heavy atom. The molecule has 0 aromatic heterocycles. The predicted molar refractivity (Wildman–Crippen MR) is 90.6 cm³/mol. The van der Waals surface area contributed by atoms with E-state index in [0.717, 1.165) is 12.1 Å². The molecule has 1 aromatic rings. The van der Waals surface area contributed by atoms with Gasteiger partial charge in [-0.2, -0.15) is 0 Å². The van der Waals surface area contributed by atoms with E-state index < -0.39 is 20.9 Å². The van der Waals surface area contributed by atoms with Crippen LogP contribution >= 0.6 is 0 Å². The first-order chi connectivity index (χ1) is 11.0. The third-order valence-corrected chi connectivity index (χ3v) is 6.95. The van der Waals surface area contributed by atoms with E-state index in [0.29, 0.717) is 19.5 Å². The van der Waals surface area contributed by atoms with Gasteiger partial charge in [-0.3, -0.25) is 4.79 Å². The van der Waals surface area contributed by atoms with Crippen LogP contribution in [-0.2, 0) is 14.6 Å². The van der Waals surface area contributed by atoms with Gasteiger partial charge >= 0.3 is 0 Å². The largest absolute Gasteiger partial charge is 0.342 e. The molecule has 2 unspecified atom stereocenters. The lowest BCUT2D eigenvalue weighted by atomic mass is 9.79. The molecule has 0 aliphatic carbocycles. The van der Waals surface area contributed by atoms with E-state index in [1.54, 1.807) is 4.90 Å². The highest BCUT2D eigenvalue weighted by atomic mass is 32.2. The molecule has 134 valence electrons. The summed E-state index contributed by atoms with van der Waals surface area (Å²) in [4.78, 5) is 14.2. The SMILES string of the molecule is CC(CC(=O)N1CCC(N)C(C)(C)C1)S(=O)(=O)c1ccc(F)cc1. The molecule has 24 heavy (non-hydrogen) atoms. The normalized spacial score (nSPS) is 22.2. The lowest BCUT2D eigenvalue weighted by Gasteiger charge is -2.42. The van der Waals surface area contributed by atoms with Gasteiger partial charge in [0.2, 0.25) is 5.91 Å². The highest BCUT2D eigenvalue weighted by Crippen LogP contribution is 2.28. The van der Waals surface area contributed by atoms with E-state index in [1.807, 2.05) is 13.8 Å². The molecule has 0 saturated carbocycles. The summed E-state index contributed by atoms with van der Waals surface area (Å²) < 4.78 is 38.0. The first kappa shape index (κ1) is 18.9. The van der Waals surface area contributed by atoms with Gasteiger partial charge in [0.25, 0.3) is 0 Å². The molecule has 2 rings (SSSR count). The van der Waals surface area contributed by atoms with Crippen molar-refractivity contribution in [2.24, 2.45) is 11.1 Å². The molecule has 0 spiro atoms. The Bertz CT molecular complexity index is 701. The van der Waals surface area contributed by atoms with Crippen LogP contribution in [0.5, 0.6) is 0 Å². The molecule has 1 fully saturated rings. The quantitative estimate of drug-likeness (QED) is 0.837. The molecule has 1 aliphatic rings. The van der Waals surface area contributed by atoms with E-state index in [2.05, 4.69) is 0 Å². The van der Waals surface area contributed by atoms with Crippen molar-refractivity contribution >= 4 is 15.7 Å². The molecule has 1 saturated heterocycles. The molecular weight excluding hydrogens is 331 g/mol. The highest BCUT2D eigenvalue weighted by molar-refractivity contribution is 7.92. The average molecular weight is 356 g/mol. The number of likely N-dealkylation sites (tertiary alicyclic amines) is 1. The summed E-state index contributed by atoms with van der Waals surface area (Å²) in [6, 6.07) is 4.71. The van der Waals surface area contributed by atoms with Gasteiger partial charge in [-0.25, -0.2) is 12.8 Å². The van der Waals surface area contributed by atoms with Crippen molar-refractivity contribution in [1.29, 1.82) is 0 Å². The summed E-state index contributed by atoms with van der Waals surface area (Å²) in [5, 5.41) is -0.867. The zero-order chi connectivity index (χ0) is 18.1. The van der Waals surface area contributed by atoms with Gasteiger partial charge in [-0.05, 0) is 43.0 Å². The zero-order valence-corrected chi connectivity index (χ0v) is 15.1. The van der Waals surface area contributed by atoms with Crippen molar-refractivity contribution in [3.63, 3.8) is 0 Å². The molecule has 1 aliphatic heterocycles. The first-order valence-corrected chi connectivity index (χ1v) is 9.61. The fraction of sp³-hybridized carbons (Fsp3) is 0.588. The van der Waals surface area contributed by atoms with Crippen molar-refractivity contribution in [1.82, 2.24) is 4.90 Å². The van der Waals surface area contributed by atoms with E-state index in [-0.39, 0.29) is 28.7 Å². The minimum absolute atomic E-state index is 0.0296. The maximum absolute atomic E-state index is 13.0. The number of benzene rings is 1. The topological polar surface area (TPSA) is 80.5 Å². The number of amides is 1. The lowest BCUT2D eigenvalue weighted by Crippen LogP contribution is -2.54. The monoisotopic (exact) mass is 356 g/mol. The van der Waals surface area contributed by atoms with Gasteiger partial charge in [0.15, 0.2) is 9.84 Å². The van der Waals surface area contributed by atoms with Crippen LogP contribution in [0.25, 0.3) is 0 Å². The summed E-state index contributed by atoms with van der Waals surface area (Å²) in [5.74, 6) is -0.683. The second kappa shape index (κ2) is 6.80. The number of sulfone groups is 1. The van der Waals surface area contributed by atoms with Crippen LogP contribution in [0.15, 0.2) is 29.2 Å². The number of nitrogens with two attached hydrogens (primary N) is 1. The highest BCUT2D eigenvalue weighted by Gasteiger charge is 2.36. The number of hydrogen-bond donors (Lipinski definition) is 1. The molecule has 1 aromatic carbocycles. The fourth-order valence-corrected chi connectivity index (χ4v) is 4.27. The Balaban J connectivity index is 2.07. The maximum Gasteiger partial charge on any atom is 0.223 e. The second-order valence-electron chi connectivity index (χ2n) is 7.21. The van der Waals surface area contributed by atoms with Crippen LogP contribution in [0, 0.1) is 11.2 Å². The third-order valence-electron chi connectivity index (χ3n) is 4.80. The van der Waals surface area contributed by atoms with E-state index in [1.165, 1.54) is 19.1 Å². The Labute approximate surface area is 142 Å². The Morgan fingerprint density at radius 2 is 1.96 bits per heavy atom. The van der Waals surface area contributed by atoms with Gasteiger partial charge in [0.05, 0.1) is 10.1 Å². The van der Waals surface area contributed by atoms with Crippen molar-refractivity contribution in [2.45, 2.75) is 49.8 Å². The number of rotatable bonds is 4. The van der Waals surface area contributed by atoms with Gasteiger partial charge in [-0.15, -0.1) is 0 Å². The number of nitrogens with zero attached hydrogens (tertiary/aromatic N) is 1. The molecule has 7 heteroatoms. The lowest BCUT2D eigenvalue weighted by molar-refractivity contribution is -0.134. The summed E-state index contributed by atoms with van der Waals surface area (Å²) in [6.45, 7) is 6.60. The maximum atomic E-state index is 13.0. The number of carbonyl (C=O) groups excluding carboxylic acids is 1. The summed E-state index contributed by atoms with van der Waals surface area (Å²) in [6.07, 6.45) is 0.614. The van der Waals surface area contributed by atoms with E-state index in [9.17, 15) is 17.6 Å². The molecule has 0 radical (unpaired) electrons.